The number of nitrogens with zero attached hydrogens (tertiary/aromatic N) is 5. The molecule has 0 aliphatic carbocycles. The number of carbonyl (C=O) groups excluding carboxylic acids is 1. The fourth-order valence-corrected chi connectivity index (χ4v) is 7.28. The number of nitrogens with two attached hydrogens (primary N) is 1. The second-order valence-corrected chi connectivity index (χ2v) is 12.6. The lowest BCUT2D eigenvalue weighted by Crippen LogP contribution is -2.38. The first-order valence-electron chi connectivity index (χ1n) is 14.8. The van der Waals surface area contributed by atoms with Crippen molar-refractivity contribution in [2.24, 2.45) is 0 Å². The molecule has 2 fully saturated rings. The van der Waals surface area contributed by atoms with Gasteiger partial charge in [-0.05, 0) is 57.1 Å². The Bertz CT molecular complexity index is 1960. The van der Waals surface area contributed by atoms with E-state index in [9.17, 15) is 27.6 Å². The van der Waals surface area contributed by atoms with Crippen LogP contribution in [0.5, 0.6) is 11.9 Å². The van der Waals surface area contributed by atoms with Crippen LogP contribution in [0.4, 0.5) is 27.0 Å². The average Bonchev–Trinajstić information content (AvgIpc) is 3.72. The number of benzene rings is 2. The Kier molecular flexibility index (Phi) is 8.43. The lowest BCUT2D eigenvalue weighted by atomic mass is 9.92. The normalized spacial score (nSPS) is 20.2. The summed E-state index contributed by atoms with van der Waals surface area (Å²) in [5.41, 5.74) is 2.39. The van der Waals surface area contributed by atoms with Crippen LogP contribution in [0.2, 0.25) is 0 Å². The van der Waals surface area contributed by atoms with E-state index >= 15 is 4.39 Å². The molecule has 0 bridgehead atoms. The Labute approximate surface area is 270 Å². The van der Waals surface area contributed by atoms with Crippen LogP contribution < -0.4 is 15.2 Å². The van der Waals surface area contributed by atoms with E-state index in [1.165, 1.54) is 4.90 Å². The molecule has 3 unspecified atom stereocenters. The van der Waals surface area contributed by atoms with Crippen LogP contribution in [0, 0.1) is 23.0 Å². The van der Waals surface area contributed by atoms with Gasteiger partial charge in [0.05, 0.1) is 27.3 Å². The lowest BCUT2D eigenvalue weighted by molar-refractivity contribution is -0.137. The van der Waals surface area contributed by atoms with E-state index in [1.54, 1.807) is 6.92 Å². The maximum atomic E-state index is 16.8. The number of anilines is 1. The fourth-order valence-electron chi connectivity index (χ4n) is 6.33. The average molecular weight is 673 g/mol. The third-order valence-corrected chi connectivity index (χ3v) is 9.89. The highest BCUT2D eigenvalue weighted by atomic mass is 32.1. The first-order valence-corrected chi connectivity index (χ1v) is 15.6. The zero-order valence-electron chi connectivity index (χ0n) is 25.3. The molecule has 6 rings (SSSR count). The van der Waals surface area contributed by atoms with Crippen LogP contribution in [0.1, 0.15) is 37.3 Å². The monoisotopic (exact) mass is 672 g/mol. The summed E-state index contributed by atoms with van der Waals surface area (Å²) in [6, 6.07) is 3.57. The van der Waals surface area contributed by atoms with Gasteiger partial charge in [0.1, 0.15) is 35.1 Å². The summed E-state index contributed by atoms with van der Waals surface area (Å²) in [6.07, 6.45) is -2.56. The maximum absolute atomic E-state index is 16.8. The first-order chi connectivity index (χ1) is 22.3. The number of alkyl halides is 3. The molecule has 9 nitrogen and oxygen atoms in total. The molecule has 0 saturated carbocycles. The molecular formula is C32H29F5N6O3S. The molecule has 4 aromatic rings. The summed E-state index contributed by atoms with van der Waals surface area (Å²) in [7, 11) is 1.93. The van der Waals surface area contributed by atoms with E-state index in [1.807, 2.05) is 13.1 Å². The number of thiophene rings is 1. The highest BCUT2D eigenvalue weighted by Crippen LogP contribution is 2.48. The van der Waals surface area contributed by atoms with Gasteiger partial charge in [-0.3, -0.25) is 4.79 Å². The SMILES string of the molecule is C=CC(=O)N1CCC(Oc2nc(OCC3CCCN3C)nc3c(F)c(-c4ccc(F)c5sc(N)c(C#N)c45)c(C(F)(F)F)cc23)C1C. The molecule has 2 aliphatic heterocycles. The smallest absolute Gasteiger partial charge is 0.417 e. The number of carbonyl (C=O) groups is 1. The Morgan fingerprint density at radius 2 is 2.02 bits per heavy atom. The Morgan fingerprint density at radius 1 is 1.26 bits per heavy atom. The molecule has 4 heterocycles. The molecule has 0 radical (unpaired) electrons. The van der Waals surface area contributed by atoms with Crippen molar-refractivity contribution in [3.05, 3.63) is 53.6 Å². The minimum atomic E-state index is -5.12. The highest BCUT2D eigenvalue weighted by molar-refractivity contribution is 7.23. The highest BCUT2D eigenvalue weighted by Gasteiger charge is 2.40. The van der Waals surface area contributed by atoms with Crippen molar-refractivity contribution in [3.8, 4) is 29.1 Å². The quantitative estimate of drug-likeness (QED) is 0.180. The Hall–Kier alpha value is -4.55. The number of amides is 1. The van der Waals surface area contributed by atoms with Gasteiger partial charge in [0.2, 0.25) is 11.8 Å². The lowest BCUT2D eigenvalue weighted by Gasteiger charge is -2.25. The number of fused-ring (bicyclic) bond motifs is 2. The molecule has 15 heteroatoms. The largest absolute Gasteiger partial charge is 0.471 e. The number of ether oxygens (including phenoxy) is 2. The van der Waals surface area contributed by atoms with Crippen LogP contribution in [-0.4, -0.2) is 70.6 Å². The number of likely N-dealkylation sites (N-methyl/N-ethyl adjacent to an activating group) is 1. The summed E-state index contributed by atoms with van der Waals surface area (Å²) in [4.78, 5) is 24.4. The number of likely N-dealkylation sites (tertiary alicyclic amines) is 2. The molecule has 2 aromatic carbocycles. The topological polar surface area (TPSA) is 118 Å². The van der Waals surface area contributed by atoms with Gasteiger partial charge in [-0.25, -0.2) is 8.78 Å². The van der Waals surface area contributed by atoms with Gasteiger partial charge in [0.15, 0.2) is 5.82 Å². The van der Waals surface area contributed by atoms with Gasteiger partial charge in [0, 0.05) is 30.0 Å². The van der Waals surface area contributed by atoms with Gasteiger partial charge in [-0.1, -0.05) is 12.6 Å². The van der Waals surface area contributed by atoms with Crippen molar-refractivity contribution in [1.29, 1.82) is 5.26 Å². The molecular weight excluding hydrogens is 643 g/mol. The predicted octanol–water partition coefficient (Wildman–Crippen LogP) is 6.29. The van der Waals surface area contributed by atoms with E-state index in [0.717, 1.165) is 37.6 Å². The number of nitriles is 1. The summed E-state index contributed by atoms with van der Waals surface area (Å²) >= 11 is 0.680. The van der Waals surface area contributed by atoms with E-state index < -0.39 is 46.6 Å². The van der Waals surface area contributed by atoms with Crippen LogP contribution >= 0.6 is 11.3 Å². The number of hydrogen-bond acceptors (Lipinski definition) is 9. The van der Waals surface area contributed by atoms with Crippen molar-refractivity contribution in [2.45, 2.75) is 50.6 Å². The minimum absolute atomic E-state index is 0.0148. The van der Waals surface area contributed by atoms with Gasteiger partial charge < -0.3 is 25.0 Å². The molecule has 3 atom stereocenters. The first kappa shape index (κ1) is 32.4. The number of rotatable bonds is 7. The number of hydrogen-bond donors (Lipinski definition) is 1. The van der Waals surface area contributed by atoms with Gasteiger partial charge in [0.25, 0.3) is 0 Å². The van der Waals surface area contributed by atoms with Gasteiger partial charge in [-0.2, -0.15) is 28.4 Å². The Balaban J connectivity index is 1.57. The molecule has 246 valence electrons. The van der Waals surface area contributed by atoms with Gasteiger partial charge >= 0.3 is 12.2 Å². The molecule has 0 spiro atoms. The summed E-state index contributed by atoms with van der Waals surface area (Å²) in [6.45, 7) is 6.51. The summed E-state index contributed by atoms with van der Waals surface area (Å²) in [5.74, 6) is -2.91. The van der Waals surface area contributed by atoms with E-state index in [0.29, 0.717) is 30.4 Å². The number of nitrogen functional groups attached to an aromatic ring is 1. The molecule has 1 amide bonds. The number of halogens is 5. The molecule has 2 saturated heterocycles. The Morgan fingerprint density at radius 3 is 2.68 bits per heavy atom. The molecule has 47 heavy (non-hydrogen) atoms. The fraction of sp³-hybridized carbons (Fsp3) is 0.375. The molecule has 2 aliphatic rings. The zero-order valence-corrected chi connectivity index (χ0v) is 26.1. The number of aromatic nitrogens is 2. The molecule has 2 aromatic heterocycles. The third kappa shape index (κ3) is 5.69. The van der Waals surface area contributed by atoms with E-state index in [2.05, 4.69) is 21.4 Å². The van der Waals surface area contributed by atoms with Crippen LogP contribution in [-0.2, 0) is 11.0 Å². The van der Waals surface area contributed by atoms with Gasteiger partial charge in [-0.15, -0.1) is 11.3 Å². The van der Waals surface area contributed by atoms with Crippen molar-refractivity contribution < 1.29 is 36.2 Å². The predicted molar refractivity (Wildman–Crippen MR) is 166 cm³/mol. The van der Waals surface area contributed by atoms with Crippen molar-refractivity contribution in [3.63, 3.8) is 0 Å². The minimum Gasteiger partial charge on any atom is -0.471 e. The van der Waals surface area contributed by atoms with Crippen molar-refractivity contribution in [1.82, 2.24) is 19.8 Å². The summed E-state index contributed by atoms with van der Waals surface area (Å²) in [5, 5.41) is 9.01. The second kappa shape index (κ2) is 12.2. The van der Waals surface area contributed by atoms with E-state index in [4.69, 9.17) is 15.2 Å². The third-order valence-electron chi connectivity index (χ3n) is 8.86. The van der Waals surface area contributed by atoms with Crippen molar-refractivity contribution >= 4 is 43.2 Å². The van der Waals surface area contributed by atoms with Crippen LogP contribution in [0.3, 0.4) is 0 Å². The second-order valence-electron chi connectivity index (χ2n) is 11.6. The summed E-state index contributed by atoms with van der Waals surface area (Å²) < 4.78 is 87.9. The molecule has 2 N–H and O–H groups in total. The zero-order chi connectivity index (χ0) is 33.8. The van der Waals surface area contributed by atoms with Crippen LogP contribution in [0.15, 0.2) is 30.9 Å². The van der Waals surface area contributed by atoms with Crippen LogP contribution in [0.25, 0.3) is 32.1 Å². The maximum Gasteiger partial charge on any atom is 0.417 e. The standard InChI is InChI=1S/C32H29F5N6O3S/c1-4-23(44)43-11-9-22(15(43)2)46-30-18-12-20(32(35,36)37)25(17-7-8-21(33)28-24(17)19(13-38)29(39)47-28)26(34)27(18)40-31(41-30)45-14-16-6-5-10-42(16)3/h4,7-8,12,15-16,22H,1,5-6,9-11,14,39H2,2-3H3. The van der Waals surface area contributed by atoms with Crippen molar-refractivity contribution in [2.75, 3.05) is 32.5 Å². The van der Waals surface area contributed by atoms with E-state index in [-0.39, 0.29) is 62.0 Å².